The van der Waals surface area contributed by atoms with E-state index in [1.54, 1.807) is 43.2 Å². The molecule has 0 fully saturated rings. The Hall–Kier alpha value is -4.71. The molecule has 0 aromatic carbocycles. The number of aromatic amines is 2. The third kappa shape index (κ3) is 3.95. The normalized spacial score (nSPS) is 11.8. The number of pyridine rings is 4. The van der Waals surface area contributed by atoms with Crippen molar-refractivity contribution in [3.63, 3.8) is 0 Å². The van der Waals surface area contributed by atoms with E-state index >= 15 is 0 Å². The molecule has 0 bridgehead atoms. The van der Waals surface area contributed by atoms with Crippen LogP contribution in [0, 0.1) is 0 Å². The summed E-state index contributed by atoms with van der Waals surface area (Å²) in [6, 6.07) is 7.43. The highest BCUT2D eigenvalue weighted by Crippen LogP contribution is 2.32. The van der Waals surface area contributed by atoms with Crippen molar-refractivity contribution in [1.29, 1.82) is 0 Å². The van der Waals surface area contributed by atoms with Crippen molar-refractivity contribution in [1.82, 2.24) is 40.1 Å². The first-order chi connectivity index (χ1) is 16.9. The molecule has 0 unspecified atom stereocenters. The smallest absolute Gasteiger partial charge is 0.229 e. The molecule has 6 heterocycles. The number of imidazole rings is 1. The average Bonchev–Trinajstić information content (AvgIpc) is 3.47. The van der Waals surface area contributed by atoms with Gasteiger partial charge in [-0.1, -0.05) is 6.07 Å². The van der Waals surface area contributed by atoms with Crippen molar-refractivity contribution in [3.05, 3.63) is 67.6 Å². The molecule has 0 amide bonds. The molecule has 35 heavy (non-hydrogen) atoms. The van der Waals surface area contributed by atoms with Crippen LogP contribution in [0.5, 0.6) is 0 Å². The number of hydrogen-bond acceptors (Lipinski definition) is 8. The zero-order valence-electron chi connectivity index (χ0n) is 18.3. The molecule has 172 valence electrons. The fourth-order valence-electron chi connectivity index (χ4n) is 3.89. The van der Waals surface area contributed by atoms with Gasteiger partial charge in [-0.25, -0.2) is 18.4 Å². The summed E-state index contributed by atoms with van der Waals surface area (Å²) < 4.78 is 25.6. The van der Waals surface area contributed by atoms with Gasteiger partial charge >= 0.3 is 0 Å². The number of sulfonamides is 1. The second-order valence-corrected chi connectivity index (χ2v) is 9.69. The Balaban J connectivity index is 1.45. The minimum absolute atomic E-state index is 0.366. The van der Waals surface area contributed by atoms with Crippen molar-refractivity contribution in [2.24, 2.45) is 0 Å². The summed E-state index contributed by atoms with van der Waals surface area (Å²) in [6.07, 6.45) is 12.8. The SMILES string of the molecule is CS(=O)(=O)Nc1cncc(-c2cnc3[nH]nc(-c4nc5c(-c6cccnc6)cncc5[nH]4)c3c2)c1. The Morgan fingerprint density at radius 2 is 1.74 bits per heavy atom. The molecule has 0 saturated carbocycles. The van der Waals surface area contributed by atoms with Crippen LogP contribution in [0.3, 0.4) is 0 Å². The van der Waals surface area contributed by atoms with Crippen LogP contribution in [0.2, 0.25) is 0 Å². The number of fused-ring (bicyclic) bond motifs is 2. The van der Waals surface area contributed by atoms with E-state index in [9.17, 15) is 8.42 Å². The molecule has 11 nitrogen and oxygen atoms in total. The summed E-state index contributed by atoms with van der Waals surface area (Å²) >= 11 is 0. The summed E-state index contributed by atoms with van der Waals surface area (Å²) in [4.78, 5) is 25.3. The number of hydrogen-bond donors (Lipinski definition) is 3. The lowest BCUT2D eigenvalue weighted by molar-refractivity contribution is 0.607. The van der Waals surface area contributed by atoms with E-state index in [-0.39, 0.29) is 0 Å². The van der Waals surface area contributed by atoms with E-state index in [1.165, 1.54) is 6.20 Å². The van der Waals surface area contributed by atoms with Crippen molar-refractivity contribution < 1.29 is 8.42 Å². The zero-order valence-corrected chi connectivity index (χ0v) is 19.1. The molecular weight excluding hydrogens is 466 g/mol. The molecule has 0 aliphatic rings. The van der Waals surface area contributed by atoms with Crippen molar-refractivity contribution in [3.8, 4) is 33.8 Å². The van der Waals surface area contributed by atoms with E-state index in [2.05, 4.69) is 39.8 Å². The van der Waals surface area contributed by atoms with Gasteiger partial charge in [0.05, 0.1) is 35.2 Å². The van der Waals surface area contributed by atoms with Crippen LogP contribution >= 0.6 is 0 Å². The Labute approximate surface area is 198 Å². The predicted molar refractivity (Wildman–Crippen MR) is 132 cm³/mol. The number of rotatable bonds is 5. The number of aromatic nitrogens is 8. The lowest BCUT2D eigenvalue weighted by Crippen LogP contribution is -2.09. The van der Waals surface area contributed by atoms with Crippen LogP contribution in [0.15, 0.2) is 67.6 Å². The quantitative estimate of drug-likeness (QED) is 0.337. The molecule has 0 spiro atoms. The van der Waals surface area contributed by atoms with Crippen molar-refractivity contribution >= 4 is 37.8 Å². The Kier molecular flexibility index (Phi) is 4.74. The van der Waals surface area contributed by atoms with Gasteiger partial charge in [-0.3, -0.25) is 24.8 Å². The maximum Gasteiger partial charge on any atom is 0.229 e. The highest BCUT2D eigenvalue weighted by atomic mass is 32.2. The molecular formula is C23H17N9O2S. The molecule has 6 aromatic rings. The van der Waals surface area contributed by atoms with Crippen LogP contribution in [0.4, 0.5) is 5.69 Å². The fourth-order valence-corrected chi connectivity index (χ4v) is 4.43. The van der Waals surface area contributed by atoms with E-state index in [0.29, 0.717) is 28.4 Å². The molecule has 0 aliphatic heterocycles. The number of H-pyrrole nitrogens is 2. The number of nitrogens with one attached hydrogen (secondary N) is 3. The highest BCUT2D eigenvalue weighted by molar-refractivity contribution is 7.92. The molecule has 0 aliphatic carbocycles. The minimum atomic E-state index is -3.42. The van der Waals surface area contributed by atoms with Crippen molar-refractivity contribution in [2.75, 3.05) is 11.0 Å². The Morgan fingerprint density at radius 1 is 0.914 bits per heavy atom. The van der Waals surface area contributed by atoms with Gasteiger partial charge in [0.2, 0.25) is 10.0 Å². The summed E-state index contributed by atoms with van der Waals surface area (Å²) in [7, 11) is -3.42. The lowest BCUT2D eigenvalue weighted by Gasteiger charge is -2.06. The van der Waals surface area contributed by atoms with E-state index in [1.807, 2.05) is 18.2 Å². The van der Waals surface area contributed by atoms with Crippen LogP contribution in [-0.4, -0.2) is 54.8 Å². The summed E-state index contributed by atoms with van der Waals surface area (Å²) in [6.45, 7) is 0. The maximum absolute atomic E-state index is 11.6. The average molecular weight is 484 g/mol. The second-order valence-electron chi connectivity index (χ2n) is 7.94. The van der Waals surface area contributed by atoms with Crippen LogP contribution in [-0.2, 0) is 10.0 Å². The lowest BCUT2D eigenvalue weighted by atomic mass is 10.1. The van der Waals surface area contributed by atoms with Gasteiger partial charge in [-0.2, -0.15) is 5.10 Å². The first kappa shape index (κ1) is 20.9. The van der Waals surface area contributed by atoms with E-state index in [0.717, 1.165) is 39.4 Å². The topological polar surface area (TPSA) is 155 Å². The highest BCUT2D eigenvalue weighted by Gasteiger charge is 2.17. The largest absolute Gasteiger partial charge is 0.335 e. The van der Waals surface area contributed by atoms with Gasteiger partial charge in [-0.05, 0) is 18.2 Å². The zero-order chi connectivity index (χ0) is 24.0. The Morgan fingerprint density at radius 3 is 2.57 bits per heavy atom. The second kappa shape index (κ2) is 7.95. The first-order valence-corrected chi connectivity index (χ1v) is 12.4. The van der Waals surface area contributed by atoms with Gasteiger partial charge in [-0.15, -0.1) is 0 Å². The monoisotopic (exact) mass is 483 g/mol. The number of nitrogens with zero attached hydrogens (tertiary/aromatic N) is 6. The van der Waals surface area contributed by atoms with Crippen LogP contribution < -0.4 is 4.72 Å². The van der Waals surface area contributed by atoms with Gasteiger partial charge < -0.3 is 4.98 Å². The molecule has 12 heteroatoms. The fraction of sp³-hybridized carbons (Fsp3) is 0.0435. The maximum atomic E-state index is 11.6. The molecule has 0 atom stereocenters. The third-order valence-corrected chi connectivity index (χ3v) is 5.99. The molecule has 0 radical (unpaired) electrons. The molecule has 0 saturated heterocycles. The van der Waals surface area contributed by atoms with E-state index in [4.69, 9.17) is 4.98 Å². The molecule has 6 aromatic heterocycles. The predicted octanol–water partition coefficient (Wildman–Crippen LogP) is 3.39. The van der Waals surface area contributed by atoms with Crippen LogP contribution in [0.25, 0.3) is 55.8 Å². The summed E-state index contributed by atoms with van der Waals surface area (Å²) in [5, 5.41) is 8.14. The first-order valence-electron chi connectivity index (χ1n) is 10.5. The third-order valence-electron chi connectivity index (χ3n) is 5.38. The van der Waals surface area contributed by atoms with Crippen LogP contribution in [0.1, 0.15) is 0 Å². The Bertz CT molecular complexity index is 1810. The van der Waals surface area contributed by atoms with Crippen molar-refractivity contribution in [2.45, 2.75) is 0 Å². The van der Waals surface area contributed by atoms with Gasteiger partial charge in [0.15, 0.2) is 11.5 Å². The molecule has 3 N–H and O–H groups in total. The van der Waals surface area contributed by atoms with Gasteiger partial charge in [0.25, 0.3) is 0 Å². The standard InChI is InChI=1S/C23H17N9O2S/c1-35(33,34)32-16-5-14(8-25-10-16)15-6-17-21(30-31-22(17)27-9-15)23-28-19-12-26-11-18(20(19)29-23)13-3-2-4-24-7-13/h2-12,32H,1H3,(H,28,29)(H,27,30,31). The summed E-state index contributed by atoms with van der Waals surface area (Å²) in [5.74, 6) is 0.564. The molecule has 6 rings (SSSR count). The number of anilines is 1. The van der Waals surface area contributed by atoms with Gasteiger partial charge in [0.1, 0.15) is 11.2 Å². The minimum Gasteiger partial charge on any atom is -0.335 e. The van der Waals surface area contributed by atoms with E-state index < -0.39 is 10.0 Å². The summed E-state index contributed by atoms with van der Waals surface area (Å²) in [5.41, 5.74) is 6.30. The van der Waals surface area contributed by atoms with Gasteiger partial charge in [0, 0.05) is 53.2 Å².